The van der Waals surface area contributed by atoms with E-state index in [0.29, 0.717) is 0 Å². The van der Waals surface area contributed by atoms with Gasteiger partial charge in [-0.3, -0.25) is 14.3 Å². The molecule has 1 fully saturated rings. The molecule has 0 saturated carbocycles. The number of nitrogens with one attached hydrogen (secondary N) is 1. The highest BCUT2D eigenvalue weighted by atomic mass is 16.6. The van der Waals surface area contributed by atoms with Crippen molar-refractivity contribution < 1.29 is 20.1 Å². The maximum absolute atomic E-state index is 11.9. The Bertz CT molecular complexity index is 910. The third-order valence-corrected chi connectivity index (χ3v) is 4.33. The third kappa shape index (κ3) is 2.58. The van der Waals surface area contributed by atoms with Crippen LogP contribution in [0.2, 0.25) is 0 Å². The minimum absolute atomic E-state index is 0.0191. The van der Waals surface area contributed by atoms with Crippen LogP contribution in [0.5, 0.6) is 0 Å². The number of imidazole rings is 1. The Kier molecular flexibility index (Phi) is 4.26. The maximum atomic E-state index is 11.9. The van der Waals surface area contributed by atoms with Crippen molar-refractivity contribution in [2.45, 2.75) is 37.9 Å². The van der Waals surface area contributed by atoms with E-state index in [-0.39, 0.29) is 17.1 Å². The summed E-state index contributed by atoms with van der Waals surface area (Å²) in [5.74, 6) is 4.28. The molecule has 10 heteroatoms. The Hall–Kier alpha value is -2.45. The van der Waals surface area contributed by atoms with Crippen molar-refractivity contribution in [2.24, 2.45) is 5.92 Å². The Morgan fingerprint density at radius 2 is 2.32 bits per heavy atom. The molecule has 2 aromatic rings. The largest absolute Gasteiger partial charge is 0.396 e. The zero-order chi connectivity index (χ0) is 18.4. The second-order valence-corrected chi connectivity index (χ2v) is 5.96. The van der Waals surface area contributed by atoms with E-state index >= 15 is 0 Å². The van der Waals surface area contributed by atoms with E-state index in [4.69, 9.17) is 10.5 Å². The molecule has 0 aliphatic carbocycles. The molecule has 3 rings (SSSR count). The van der Waals surface area contributed by atoms with Gasteiger partial charge in [0.1, 0.15) is 0 Å². The number of anilines is 1. The van der Waals surface area contributed by atoms with Crippen LogP contribution in [0, 0.1) is 17.8 Å². The van der Waals surface area contributed by atoms with Crippen LogP contribution in [-0.4, -0.2) is 59.3 Å². The first-order valence-corrected chi connectivity index (χ1v) is 7.66. The molecule has 134 valence electrons. The van der Waals surface area contributed by atoms with E-state index in [2.05, 4.69) is 26.8 Å². The number of ether oxygens (including phenoxy) is 1. The first kappa shape index (κ1) is 17.4. The third-order valence-electron chi connectivity index (χ3n) is 4.33. The Labute approximate surface area is 142 Å². The average Bonchev–Trinajstić information content (AvgIpc) is 3.06. The second kappa shape index (κ2) is 6.12. The van der Waals surface area contributed by atoms with Crippen LogP contribution in [-0.2, 0) is 4.74 Å². The first-order chi connectivity index (χ1) is 11.8. The van der Waals surface area contributed by atoms with Gasteiger partial charge in [0, 0.05) is 0 Å². The van der Waals surface area contributed by atoms with Gasteiger partial charge in [-0.05, 0) is 13.8 Å². The van der Waals surface area contributed by atoms with E-state index in [1.165, 1.54) is 24.7 Å². The summed E-state index contributed by atoms with van der Waals surface area (Å²) >= 11 is 0. The second-order valence-electron chi connectivity index (χ2n) is 5.96. The molecule has 0 bridgehead atoms. The highest BCUT2D eigenvalue weighted by Gasteiger charge is 2.57. The molecule has 6 N–H and O–H groups in total. The van der Waals surface area contributed by atoms with Gasteiger partial charge in [-0.25, -0.2) is 4.98 Å². The Morgan fingerprint density at radius 3 is 2.92 bits per heavy atom. The molecular formula is C15H19N5O5. The van der Waals surface area contributed by atoms with E-state index in [0.717, 1.165) is 0 Å². The fourth-order valence-electron chi connectivity index (χ4n) is 3.22. The van der Waals surface area contributed by atoms with Crippen LogP contribution < -0.4 is 11.3 Å². The molecule has 2 aromatic heterocycles. The first-order valence-electron chi connectivity index (χ1n) is 7.66. The Morgan fingerprint density at radius 1 is 1.60 bits per heavy atom. The van der Waals surface area contributed by atoms with Crippen molar-refractivity contribution in [3.05, 3.63) is 16.7 Å². The normalized spacial score (nSPS) is 30.2. The summed E-state index contributed by atoms with van der Waals surface area (Å²) in [6.45, 7) is 2.56. The molecule has 0 radical (unpaired) electrons. The van der Waals surface area contributed by atoms with Crippen molar-refractivity contribution in [2.75, 3.05) is 12.3 Å². The van der Waals surface area contributed by atoms with Gasteiger partial charge in [-0.2, -0.15) is 4.98 Å². The van der Waals surface area contributed by atoms with Gasteiger partial charge >= 0.3 is 0 Å². The van der Waals surface area contributed by atoms with Crippen molar-refractivity contribution in [3.63, 3.8) is 0 Å². The smallest absolute Gasteiger partial charge is 0.280 e. The number of aromatic nitrogens is 4. The summed E-state index contributed by atoms with van der Waals surface area (Å²) < 4.78 is 7.12. The summed E-state index contributed by atoms with van der Waals surface area (Å²) in [6, 6.07) is 0. The topological polar surface area (TPSA) is 160 Å². The number of aromatic amines is 1. The van der Waals surface area contributed by atoms with Crippen LogP contribution in [0.15, 0.2) is 11.1 Å². The summed E-state index contributed by atoms with van der Waals surface area (Å²) in [4.78, 5) is 22.3. The fraction of sp³-hybridized carbons (Fsp3) is 0.533. The number of hydrogen-bond donors (Lipinski definition) is 5. The number of aliphatic hydroxyl groups excluding tert-OH is 2. The van der Waals surface area contributed by atoms with Crippen molar-refractivity contribution in [1.29, 1.82) is 0 Å². The number of hydrogen-bond acceptors (Lipinski definition) is 8. The fourth-order valence-corrected chi connectivity index (χ4v) is 3.22. The zero-order valence-corrected chi connectivity index (χ0v) is 13.7. The molecule has 3 heterocycles. The molecule has 0 amide bonds. The predicted octanol–water partition coefficient (Wildman–Crippen LogP) is -1.66. The van der Waals surface area contributed by atoms with Crippen molar-refractivity contribution in [3.8, 4) is 11.8 Å². The SMILES string of the molecule is CC#CC1(O)C(CO)[C@@H]([C@H](C)O)O[C@H]1n1cnc2c(=O)[nH]c(N)nc21. The number of nitrogens with zero attached hydrogens (tertiary/aromatic N) is 3. The quantitative estimate of drug-likeness (QED) is 0.412. The minimum atomic E-state index is -1.82. The Balaban J connectivity index is 2.21. The molecule has 1 aliphatic heterocycles. The number of H-pyrrole nitrogens is 1. The molecule has 25 heavy (non-hydrogen) atoms. The molecule has 2 unspecified atom stereocenters. The lowest BCUT2D eigenvalue weighted by Gasteiger charge is -2.28. The minimum Gasteiger partial charge on any atom is -0.396 e. The standard InChI is InChI=1S/C15H19N5O5/c1-3-4-15(24)8(5-21)10(7(2)22)25-13(15)20-6-17-9-11(20)18-14(16)19-12(9)23/h6-8,10,13,21-22,24H,5H2,1-2H3,(H3,16,18,19,23)/t7-,8?,10+,13+,15?/m0/s1. The van der Waals surface area contributed by atoms with Gasteiger partial charge < -0.3 is 25.8 Å². The number of fused-ring (bicyclic) bond motifs is 1. The van der Waals surface area contributed by atoms with Gasteiger partial charge in [0.15, 0.2) is 23.0 Å². The molecule has 10 nitrogen and oxygen atoms in total. The monoisotopic (exact) mass is 349 g/mol. The summed E-state index contributed by atoms with van der Waals surface area (Å²) in [6.07, 6.45) is -1.71. The number of aliphatic hydroxyl groups is 3. The van der Waals surface area contributed by atoms with Crippen LogP contribution in [0.3, 0.4) is 0 Å². The van der Waals surface area contributed by atoms with Crippen molar-refractivity contribution in [1.82, 2.24) is 19.5 Å². The summed E-state index contributed by atoms with van der Waals surface area (Å²) in [5.41, 5.74) is 3.36. The van der Waals surface area contributed by atoms with Crippen molar-refractivity contribution >= 4 is 17.1 Å². The maximum Gasteiger partial charge on any atom is 0.280 e. The lowest BCUT2D eigenvalue weighted by Crippen LogP contribution is -2.44. The summed E-state index contributed by atoms with van der Waals surface area (Å²) in [7, 11) is 0. The molecule has 1 aliphatic rings. The van der Waals surface area contributed by atoms with E-state index < -0.39 is 42.1 Å². The van der Waals surface area contributed by atoms with Crippen LogP contribution >= 0.6 is 0 Å². The average molecular weight is 349 g/mol. The van der Waals surface area contributed by atoms with Gasteiger partial charge in [-0.15, -0.1) is 5.92 Å². The lowest BCUT2D eigenvalue weighted by molar-refractivity contribution is -0.0845. The van der Waals surface area contributed by atoms with Gasteiger partial charge in [-0.1, -0.05) is 5.92 Å². The number of rotatable bonds is 3. The van der Waals surface area contributed by atoms with E-state index in [1.54, 1.807) is 0 Å². The zero-order valence-electron chi connectivity index (χ0n) is 13.7. The van der Waals surface area contributed by atoms with E-state index in [1.807, 2.05) is 0 Å². The highest BCUT2D eigenvalue weighted by Crippen LogP contribution is 2.44. The molecule has 0 spiro atoms. The van der Waals surface area contributed by atoms with Gasteiger partial charge in [0.2, 0.25) is 5.95 Å². The lowest BCUT2D eigenvalue weighted by atomic mass is 9.84. The van der Waals surface area contributed by atoms with E-state index in [9.17, 15) is 20.1 Å². The molecular weight excluding hydrogens is 330 g/mol. The molecule has 5 atom stereocenters. The summed E-state index contributed by atoms with van der Waals surface area (Å²) in [5, 5.41) is 30.8. The highest BCUT2D eigenvalue weighted by molar-refractivity contribution is 5.70. The molecule has 1 saturated heterocycles. The van der Waals surface area contributed by atoms with Crippen LogP contribution in [0.4, 0.5) is 5.95 Å². The van der Waals surface area contributed by atoms with Gasteiger partial charge in [0.05, 0.1) is 31.1 Å². The molecule has 0 aromatic carbocycles. The van der Waals surface area contributed by atoms with Crippen LogP contribution in [0.25, 0.3) is 11.2 Å². The van der Waals surface area contributed by atoms with Crippen LogP contribution in [0.1, 0.15) is 20.1 Å². The number of nitrogen functional groups attached to an aromatic ring is 1. The number of nitrogens with two attached hydrogens (primary N) is 1. The van der Waals surface area contributed by atoms with Gasteiger partial charge in [0.25, 0.3) is 5.56 Å². The predicted molar refractivity (Wildman–Crippen MR) is 87.1 cm³/mol.